The van der Waals surface area contributed by atoms with Crippen LogP contribution < -0.4 is 4.74 Å². The molecule has 3 heteroatoms. The molecule has 4 rings (SSSR count). The van der Waals surface area contributed by atoms with Crippen LogP contribution in [-0.2, 0) is 0 Å². The van der Waals surface area contributed by atoms with E-state index < -0.39 is 0 Å². The minimum absolute atomic E-state index is 0.511. The lowest BCUT2D eigenvalue weighted by Crippen LogP contribution is -2.08. The number of hydrogen-bond donors (Lipinski definition) is 0. The van der Waals surface area contributed by atoms with Crippen LogP contribution in [0.1, 0.15) is 62.7 Å². The second-order valence-electron chi connectivity index (χ2n) is 8.48. The Bertz CT molecular complexity index is 1060. The van der Waals surface area contributed by atoms with Crippen LogP contribution in [-0.4, -0.2) is 11.7 Å². The molecule has 0 atom stereocenters. The predicted octanol–water partition coefficient (Wildman–Crippen LogP) is 8.69. The molecule has 0 radical (unpaired) electrons. The number of unbranched alkanes of at least 4 members (excludes halogenated alkanes) is 2. The summed E-state index contributed by atoms with van der Waals surface area (Å²) in [6.45, 7) is 9.00. The van der Waals surface area contributed by atoms with Gasteiger partial charge in [0.1, 0.15) is 5.75 Å². The number of allylic oxidation sites excluding steroid dienone is 3. The van der Waals surface area contributed by atoms with E-state index in [9.17, 15) is 0 Å². The smallest absolute Gasteiger partial charge is 0.118 e. The molecule has 0 fully saturated rings. The van der Waals surface area contributed by atoms with E-state index >= 15 is 0 Å². The van der Waals surface area contributed by atoms with Crippen LogP contribution in [0.2, 0.25) is 0 Å². The van der Waals surface area contributed by atoms with Gasteiger partial charge in [0, 0.05) is 33.3 Å². The molecule has 0 amide bonds. The fourth-order valence-electron chi connectivity index (χ4n) is 4.59. The topological polar surface area (TPSA) is 14.2 Å². The number of nitrogens with zero attached hydrogens (tertiary/aromatic N) is 1. The van der Waals surface area contributed by atoms with Crippen molar-refractivity contribution in [3.63, 3.8) is 0 Å². The van der Waals surface area contributed by atoms with Gasteiger partial charge < -0.3 is 9.30 Å². The van der Waals surface area contributed by atoms with Gasteiger partial charge in [-0.15, -0.1) is 11.3 Å². The SMILES string of the molecule is C=C(CCCCC)c1cc(-c2csc(-c3ccc(OC)cc3)c2)n(C2CC=CC2)c1C. The Balaban J connectivity index is 1.69. The van der Waals surface area contributed by atoms with Gasteiger partial charge in [0.2, 0.25) is 0 Å². The van der Waals surface area contributed by atoms with Crippen molar-refractivity contribution in [1.82, 2.24) is 4.57 Å². The van der Waals surface area contributed by atoms with Crippen LogP contribution in [0.4, 0.5) is 0 Å². The lowest BCUT2D eigenvalue weighted by Gasteiger charge is -2.19. The number of aromatic nitrogens is 1. The second kappa shape index (κ2) is 9.74. The van der Waals surface area contributed by atoms with E-state index in [0.29, 0.717) is 6.04 Å². The normalized spacial score (nSPS) is 13.8. The fourth-order valence-corrected chi connectivity index (χ4v) is 5.50. The van der Waals surface area contributed by atoms with Crippen LogP contribution in [0.5, 0.6) is 5.75 Å². The third-order valence-corrected chi connectivity index (χ3v) is 7.35. The molecule has 0 saturated carbocycles. The second-order valence-corrected chi connectivity index (χ2v) is 9.40. The van der Waals surface area contributed by atoms with E-state index in [1.807, 2.05) is 23.5 Å². The Morgan fingerprint density at radius 2 is 1.84 bits per heavy atom. The molecule has 2 nitrogen and oxygen atoms in total. The van der Waals surface area contributed by atoms with Gasteiger partial charge in [-0.2, -0.15) is 0 Å². The lowest BCUT2D eigenvalue weighted by molar-refractivity contribution is 0.415. The van der Waals surface area contributed by atoms with E-state index in [2.05, 4.69) is 66.8 Å². The average molecular weight is 432 g/mol. The molecule has 3 aromatic rings. The first-order valence-corrected chi connectivity index (χ1v) is 12.3. The third-order valence-electron chi connectivity index (χ3n) is 6.37. The van der Waals surface area contributed by atoms with Gasteiger partial charge in [-0.3, -0.25) is 0 Å². The van der Waals surface area contributed by atoms with E-state index in [-0.39, 0.29) is 0 Å². The maximum absolute atomic E-state index is 5.31. The lowest BCUT2D eigenvalue weighted by atomic mass is 10.0. The zero-order valence-electron chi connectivity index (χ0n) is 19.0. The zero-order chi connectivity index (χ0) is 21.8. The highest BCUT2D eigenvalue weighted by Gasteiger charge is 2.23. The van der Waals surface area contributed by atoms with Crippen molar-refractivity contribution >= 4 is 16.9 Å². The average Bonchev–Trinajstić information content (AvgIpc) is 3.53. The zero-order valence-corrected chi connectivity index (χ0v) is 19.8. The van der Waals surface area contributed by atoms with Gasteiger partial charge in [0.25, 0.3) is 0 Å². The molecular formula is C28H33NOS. The van der Waals surface area contributed by atoms with Crippen molar-refractivity contribution < 1.29 is 4.74 Å². The predicted molar refractivity (Wildman–Crippen MR) is 135 cm³/mol. The first kappa shape index (κ1) is 21.7. The molecule has 0 aliphatic heterocycles. The van der Waals surface area contributed by atoms with E-state index in [1.54, 1.807) is 7.11 Å². The summed E-state index contributed by atoms with van der Waals surface area (Å²) >= 11 is 1.81. The maximum atomic E-state index is 5.31. The number of rotatable bonds is 9. The summed E-state index contributed by atoms with van der Waals surface area (Å²) in [5.41, 5.74) is 7.85. The summed E-state index contributed by atoms with van der Waals surface area (Å²) < 4.78 is 7.88. The number of hydrogen-bond acceptors (Lipinski definition) is 2. The third kappa shape index (κ3) is 4.57. The molecule has 1 aromatic carbocycles. The highest BCUT2D eigenvalue weighted by atomic mass is 32.1. The molecular weight excluding hydrogens is 398 g/mol. The monoisotopic (exact) mass is 431 g/mol. The highest BCUT2D eigenvalue weighted by molar-refractivity contribution is 7.14. The van der Waals surface area contributed by atoms with Gasteiger partial charge in [-0.05, 0) is 85.7 Å². The Morgan fingerprint density at radius 1 is 1.10 bits per heavy atom. The molecule has 162 valence electrons. The number of benzene rings is 1. The number of thiophene rings is 1. The van der Waals surface area contributed by atoms with Crippen molar-refractivity contribution in [2.24, 2.45) is 0 Å². The van der Waals surface area contributed by atoms with Gasteiger partial charge in [0.15, 0.2) is 0 Å². The Labute approximate surface area is 190 Å². The van der Waals surface area contributed by atoms with Crippen molar-refractivity contribution in [3.8, 4) is 27.4 Å². The summed E-state index contributed by atoms with van der Waals surface area (Å²) in [5.74, 6) is 0.894. The van der Waals surface area contributed by atoms with Gasteiger partial charge in [-0.25, -0.2) is 0 Å². The van der Waals surface area contributed by atoms with Crippen LogP contribution in [0.25, 0.3) is 27.3 Å². The summed E-state index contributed by atoms with van der Waals surface area (Å²) in [7, 11) is 1.71. The summed E-state index contributed by atoms with van der Waals surface area (Å²) in [5, 5.41) is 2.30. The van der Waals surface area contributed by atoms with Gasteiger partial charge >= 0.3 is 0 Å². The molecule has 2 heterocycles. The van der Waals surface area contributed by atoms with Gasteiger partial charge in [0.05, 0.1) is 7.11 Å². The van der Waals surface area contributed by atoms with Gasteiger partial charge in [-0.1, -0.05) is 38.5 Å². The molecule has 0 spiro atoms. The quantitative estimate of drug-likeness (QED) is 0.244. The molecule has 31 heavy (non-hydrogen) atoms. The van der Waals surface area contributed by atoms with Crippen LogP contribution in [0.15, 0.2) is 60.5 Å². The van der Waals surface area contributed by atoms with Crippen molar-refractivity contribution in [1.29, 1.82) is 0 Å². The highest BCUT2D eigenvalue weighted by Crippen LogP contribution is 2.40. The van der Waals surface area contributed by atoms with E-state index in [0.717, 1.165) is 25.0 Å². The minimum atomic E-state index is 0.511. The van der Waals surface area contributed by atoms with Crippen LogP contribution in [0.3, 0.4) is 0 Å². The largest absolute Gasteiger partial charge is 0.497 e. The molecule has 0 unspecified atom stereocenters. The standard InChI is InChI=1S/C28H33NOS/c1-5-6-7-10-20(2)26-18-27(29(21(26)3)24-11-8-9-12-24)23-17-28(31-19-23)22-13-15-25(30-4)16-14-22/h8-9,13-19,24H,2,5-7,10-12H2,1,3-4H3. The summed E-state index contributed by atoms with van der Waals surface area (Å²) in [6, 6.07) is 13.6. The summed E-state index contributed by atoms with van der Waals surface area (Å²) in [4.78, 5) is 1.29. The molecule has 1 aliphatic rings. The van der Waals surface area contributed by atoms with E-state index in [1.165, 1.54) is 57.8 Å². The number of ether oxygens (including phenoxy) is 1. The summed E-state index contributed by atoms with van der Waals surface area (Å²) in [6.07, 6.45) is 11.7. The Kier molecular flexibility index (Phi) is 6.82. The van der Waals surface area contributed by atoms with E-state index in [4.69, 9.17) is 4.74 Å². The first-order valence-electron chi connectivity index (χ1n) is 11.4. The number of methoxy groups -OCH3 is 1. The molecule has 2 aromatic heterocycles. The molecule has 0 bridgehead atoms. The van der Waals surface area contributed by atoms with Crippen molar-refractivity contribution in [2.75, 3.05) is 7.11 Å². The minimum Gasteiger partial charge on any atom is -0.497 e. The Morgan fingerprint density at radius 3 is 2.52 bits per heavy atom. The first-order chi connectivity index (χ1) is 15.1. The molecule has 0 saturated heterocycles. The molecule has 0 N–H and O–H groups in total. The van der Waals surface area contributed by atoms with Crippen molar-refractivity contribution in [3.05, 3.63) is 71.8 Å². The maximum Gasteiger partial charge on any atom is 0.118 e. The molecule has 1 aliphatic carbocycles. The van der Waals surface area contributed by atoms with Crippen LogP contribution >= 0.6 is 11.3 Å². The van der Waals surface area contributed by atoms with Crippen molar-refractivity contribution in [2.45, 2.75) is 58.4 Å². The van der Waals surface area contributed by atoms with Crippen LogP contribution in [0, 0.1) is 6.92 Å². The fraction of sp³-hybridized carbons (Fsp3) is 0.357. The Hall–Kier alpha value is -2.52.